The van der Waals surface area contributed by atoms with Crippen LogP contribution in [0.3, 0.4) is 0 Å². The molecule has 1 atom stereocenters. The number of hydrogen-bond donors (Lipinski definition) is 0. The zero-order valence-electron chi connectivity index (χ0n) is 26.4. The van der Waals surface area contributed by atoms with Crippen LogP contribution in [0.5, 0.6) is 0 Å². The van der Waals surface area contributed by atoms with E-state index in [9.17, 15) is 0 Å². The Morgan fingerprint density at radius 3 is 2.16 bits per heavy atom. The topological polar surface area (TPSA) is 29.0 Å². The standard InChI is InChI=1S/C44H23N3S3/c1-3-14-30-25(9-1)36-27(13-7-16-32(36)48-30)42-43-41(26-10-2-4-15-31(26)50-43)45-44(46-42)47-28-19-18-22-8-5-11-23-24-12-6-17-33-37(24)40-34(49-33)21-20-29(47)39(40)38(28)35(22)23/h1-18,20-21,28H,19H2. The second kappa shape index (κ2) is 9.23. The van der Waals surface area contributed by atoms with Crippen LogP contribution in [-0.4, -0.2) is 16.0 Å². The summed E-state index contributed by atoms with van der Waals surface area (Å²) in [5.74, 6) is 0.780. The number of hydrogen-bond acceptors (Lipinski definition) is 6. The van der Waals surface area contributed by atoms with Crippen molar-refractivity contribution < 1.29 is 0 Å². The van der Waals surface area contributed by atoms with Crippen LogP contribution in [0.2, 0.25) is 0 Å². The van der Waals surface area contributed by atoms with Crippen molar-refractivity contribution in [1.29, 1.82) is 0 Å². The van der Waals surface area contributed by atoms with Gasteiger partial charge in [0, 0.05) is 61.6 Å². The summed E-state index contributed by atoms with van der Waals surface area (Å²) in [6, 6.07) is 42.7. The first-order valence-electron chi connectivity index (χ1n) is 17.0. The quantitative estimate of drug-likeness (QED) is 0.181. The van der Waals surface area contributed by atoms with Crippen molar-refractivity contribution in [3.8, 4) is 22.4 Å². The summed E-state index contributed by atoms with van der Waals surface area (Å²) in [5.41, 5.74) is 9.94. The maximum Gasteiger partial charge on any atom is 0.231 e. The Bertz CT molecular complexity index is 3330. The van der Waals surface area contributed by atoms with Crippen LogP contribution in [0.4, 0.5) is 11.6 Å². The number of fused-ring (bicyclic) bond motifs is 7. The molecule has 0 bridgehead atoms. The maximum atomic E-state index is 5.68. The van der Waals surface area contributed by atoms with Gasteiger partial charge in [0.1, 0.15) is 0 Å². The van der Waals surface area contributed by atoms with E-state index in [-0.39, 0.29) is 6.04 Å². The molecule has 6 heteroatoms. The maximum absolute atomic E-state index is 5.68. The zero-order valence-corrected chi connectivity index (χ0v) is 28.8. The van der Waals surface area contributed by atoms with Crippen LogP contribution in [0.25, 0.3) is 94.7 Å². The van der Waals surface area contributed by atoms with E-state index in [1.807, 2.05) is 34.0 Å². The van der Waals surface area contributed by atoms with E-state index < -0.39 is 0 Å². The van der Waals surface area contributed by atoms with Gasteiger partial charge in [-0.15, -0.1) is 34.0 Å². The first kappa shape index (κ1) is 26.5. The summed E-state index contributed by atoms with van der Waals surface area (Å²) in [7, 11) is 0. The molecule has 6 aromatic carbocycles. The molecule has 50 heavy (non-hydrogen) atoms. The number of thiophene rings is 3. The SMILES string of the molecule is C1=c2cccc3c2=C2c4c(ccc5sc6cccc-3c6c45)N(c3nc(-c4cccc5sc6ccccc6c45)c4sc5ccccc5c4n3)C2C1. The third kappa shape index (κ3) is 3.17. The van der Waals surface area contributed by atoms with Gasteiger partial charge in [-0.25, -0.2) is 9.97 Å². The van der Waals surface area contributed by atoms with E-state index in [1.54, 1.807) is 0 Å². The Balaban J connectivity index is 1.18. The summed E-state index contributed by atoms with van der Waals surface area (Å²) in [6.45, 7) is 0. The molecule has 0 spiro atoms. The van der Waals surface area contributed by atoms with Gasteiger partial charge in [-0.1, -0.05) is 84.9 Å². The summed E-state index contributed by atoms with van der Waals surface area (Å²) >= 11 is 5.58. The first-order valence-corrected chi connectivity index (χ1v) is 19.5. The van der Waals surface area contributed by atoms with Crippen molar-refractivity contribution in [3.63, 3.8) is 0 Å². The van der Waals surface area contributed by atoms with Gasteiger partial charge < -0.3 is 4.90 Å². The summed E-state index contributed by atoms with van der Waals surface area (Å²) in [5, 5.41) is 9.25. The van der Waals surface area contributed by atoms with Crippen molar-refractivity contribution >= 4 is 118 Å². The zero-order chi connectivity index (χ0) is 32.2. The van der Waals surface area contributed by atoms with Crippen molar-refractivity contribution in [2.24, 2.45) is 0 Å². The second-order valence-electron chi connectivity index (χ2n) is 13.5. The van der Waals surface area contributed by atoms with Crippen molar-refractivity contribution in [1.82, 2.24) is 9.97 Å². The van der Waals surface area contributed by atoms with Crippen LogP contribution in [-0.2, 0) is 0 Å². The lowest BCUT2D eigenvalue weighted by atomic mass is 9.89. The van der Waals surface area contributed by atoms with Gasteiger partial charge in [0.2, 0.25) is 5.95 Å². The largest absolute Gasteiger partial charge is 0.302 e. The number of aromatic nitrogens is 2. The Labute approximate surface area is 297 Å². The molecule has 13 rings (SSSR count). The van der Waals surface area contributed by atoms with E-state index in [2.05, 4.69) is 126 Å². The van der Waals surface area contributed by atoms with Crippen LogP contribution in [0.1, 0.15) is 12.0 Å². The monoisotopic (exact) mass is 689 g/mol. The van der Waals surface area contributed by atoms with Gasteiger partial charge >= 0.3 is 0 Å². The predicted molar refractivity (Wildman–Crippen MR) is 215 cm³/mol. The van der Waals surface area contributed by atoms with Gasteiger partial charge in [0.05, 0.1) is 27.6 Å². The molecule has 1 aliphatic heterocycles. The highest BCUT2D eigenvalue weighted by Crippen LogP contribution is 2.54. The van der Waals surface area contributed by atoms with E-state index >= 15 is 0 Å². The van der Waals surface area contributed by atoms with Crippen LogP contribution >= 0.6 is 34.0 Å². The molecule has 0 amide bonds. The normalized spacial score (nSPS) is 15.8. The lowest BCUT2D eigenvalue weighted by Gasteiger charge is -2.28. The molecule has 3 aliphatic rings. The third-order valence-corrected chi connectivity index (χ3v) is 14.5. The minimum Gasteiger partial charge on any atom is -0.302 e. The highest BCUT2D eigenvalue weighted by molar-refractivity contribution is 7.27. The van der Waals surface area contributed by atoms with Gasteiger partial charge in [0.15, 0.2) is 0 Å². The Hall–Kier alpha value is -5.40. The molecule has 10 aromatic rings. The number of benzene rings is 6. The molecule has 4 aromatic heterocycles. The molecular weight excluding hydrogens is 667 g/mol. The minimum atomic E-state index is 0.0986. The predicted octanol–water partition coefficient (Wildman–Crippen LogP) is 11.1. The number of nitrogens with zero attached hydrogens (tertiary/aromatic N) is 3. The first-order chi connectivity index (χ1) is 24.8. The highest BCUT2D eigenvalue weighted by atomic mass is 32.1. The fraction of sp³-hybridized carbons (Fsp3) is 0.0455. The smallest absolute Gasteiger partial charge is 0.231 e. The minimum absolute atomic E-state index is 0.0986. The van der Waals surface area contributed by atoms with Crippen molar-refractivity contribution in [3.05, 3.63) is 131 Å². The molecule has 0 fully saturated rings. The molecule has 0 saturated carbocycles. The Morgan fingerprint density at radius 2 is 1.26 bits per heavy atom. The van der Waals surface area contributed by atoms with Gasteiger partial charge in [0.25, 0.3) is 0 Å². The van der Waals surface area contributed by atoms with Gasteiger partial charge in [-0.3, -0.25) is 0 Å². The summed E-state index contributed by atoms with van der Waals surface area (Å²) in [6.07, 6.45) is 3.34. The average Bonchev–Trinajstić information content (AvgIpc) is 3.90. The van der Waals surface area contributed by atoms with E-state index in [1.165, 1.54) is 94.4 Å². The third-order valence-electron chi connectivity index (χ3n) is 11.1. The molecule has 232 valence electrons. The van der Waals surface area contributed by atoms with Gasteiger partial charge in [-0.05, 0) is 70.0 Å². The second-order valence-corrected chi connectivity index (χ2v) is 16.8. The summed E-state index contributed by atoms with van der Waals surface area (Å²) in [4.78, 5) is 13.7. The number of rotatable bonds is 2. The fourth-order valence-electron chi connectivity index (χ4n) is 9.17. The molecular formula is C44H23N3S3. The lowest BCUT2D eigenvalue weighted by Crippen LogP contribution is -2.39. The number of anilines is 2. The average molecular weight is 690 g/mol. The van der Waals surface area contributed by atoms with Crippen LogP contribution in [0, 0.1) is 0 Å². The van der Waals surface area contributed by atoms with E-state index in [0.717, 1.165) is 28.3 Å². The van der Waals surface area contributed by atoms with Crippen LogP contribution in [0.15, 0.2) is 115 Å². The van der Waals surface area contributed by atoms with Crippen molar-refractivity contribution in [2.75, 3.05) is 4.90 Å². The highest BCUT2D eigenvalue weighted by Gasteiger charge is 2.41. The molecule has 2 aliphatic carbocycles. The molecule has 3 nitrogen and oxygen atoms in total. The Kier molecular flexibility index (Phi) is 4.88. The molecule has 1 unspecified atom stereocenters. The van der Waals surface area contributed by atoms with Crippen molar-refractivity contribution in [2.45, 2.75) is 12.5 Å². The fourth-order valence-corrected chi connectivity index (χ4v) is 12.6. The van der Waals surface area contributed by atoms with E-state index in [0.29, 0.717) is 0 Å². The molecule has 0 N–H and O–H groups in total. The van der Waals surface area contributed by atoms with Gasteiger partial charge in [-0.2, -0.15) is 0 Å². The van der Waals surface area contributed by atoms with Crippen LogP contribution < -0.4 is 15.3 Å². The molecule has 0 radical (unpaired) electrons. The summed E-state index contributed by atoms with van der Waals surface area (Å²) < 4.78 is 7.68. The van der Waals surface area contributed by atoms with E-state index in [4.69, 9.17) is 9.97 Å². The Morgan fingerprint density at radius 1 is 0.560 bits per heavy atom. The molecule has 0 saturated heterocycles. The lowest BCUT2D eigenvalue weighted by molar-refractivity contribution is 0.819. The molecule has 5 heterocycles.